The van der Waals surface area contributed by atoms with Crippen molar-refractivity contribution in [2.24, 2.45) is 11.8 Å². The van der Waals surface area contributed by atoms with Gasteiger partial charge in [-0.3, -0.25) is 0 Å². The van der Waals surface area contributed by atoms with E-state index in [1.165, 1.54) is 0 Å². The first-order valence-corrected chi connectivity index (χ1v) is 7.72. The topological polar surface area (TPSA) is 69.6 Å². The molecule has 1 saturated heterocycles. The monoisotopic (exact) mass is 284 g/mol. The van der Waals surface area contributed by atoms with Gasteiger partial charge in [0.15, 0.2) is 0 Å². The molecule has 2 atom stereocenters. The predicted molar refractivity (Wildman–Crippen MR) is 78.6 cm³/mol. The summed E-state index contributed by atoms with van der Waals surface area (Å²) < 4.78 is 0. The Morgan fingerprint density at radius 2 is 2.00 bits per heavy atom. The van der Waals surface area contributed by atoms with Crippen molar-refractivity contribution in [3.8, 4) is 0 Å². The molecular formula is C15H28N2O3. The molecule has 2 amide bonds. The molecule has 1 aliphatic rings. The Balaban J connectivity index is 2.53. The molecule has 1 fully saturated rings. The first kappa shape index (κ1) is 16.8. The van der Waals surface area contributed by atoms with Crippen LogP contribution in [0.2, 0.25) is 0 Å². The van der Waals surface area contributed by atoms with E-state index in [4.69, 9.17) is 0 Å². The minimum absolute atomic E-state index is 0.227. The maximum absolute atomic E-state index is 12.2. The van der Waals surface area contributed by atoms with Gasteiger partial charge in [0, 0.05) is 13.1 Å². The largest absolute Gasteiger partial charge is 0.480 e. The van der Waals surface area contributed by atoms with Gasteiger partial charge in [-0.2, -0.15) is 0 Å². The maximum Gasteiger partial charge on any atom is 0.326 e. The molecule has 5 heteroatoms. The van der Waals surface area contributed by atoms with Crippen molar-refractivity contribution in [2.45, 2.75) is 58.9 Å². The van der Waals surface area contributed by atoms with Gasteiger partial charge in [-0.15, -0.1) is 0 Å². The second kappa shape index (κ2) is 8.12. The molecule has 0 bridgehead atoms. The molecule has 2 N–H and O–H groups in total. The number of urea groups is 1. The van der Waals surface area contributed by atoms with Crippen LogP contribution in [-0.2, 0) is 4.79 Å². The van der Waals surface area contributed by atoms with Crippen molar-refractivity contribution in [3.05, 3.63) is 0 Å². The van der Waals surface area contributed by atoms with Crippen LogP contribution in [0, 0.1) is 11.8 Å². The molecule has 0 saturated carbocycles. The number of hydrogen-bond acceptors (Lipinski definition) is 2. The Kier molecular flexibility index (Phi) is 6.82. The van der Waals surface area contributed by atoms with Gasteiger partial charge in [-0.1, -0.05) is 27.2 Å². The SMILES string of the molecule is CCC1CCCN(C(=O)NC(CC(C)C)C(=O)O)CC1. The van der Waals surface area contributed by atoms with Crippen molar-refractivity contribution in [1.29, 1.82) is 0 Å². The van der Waals surface area contributed by atoms with E-state index in [1.807, 2.05) is 13.8 Å². The van der Waals surface area contributed by atoms with Gasteiger partial charge in [0.25, 0.3) is 0 Å². The third-order valence-corrected chi connectivity index (χ3v) is 4.02. The van der Waals surface area contributed by atoms with E-state index in [0.29, 0.717) is 12.3 Å². The second-order valence-corrected chi connectivity index (χ2v) is 6.16. The molecule has 1 aliphatic heterocycles. The van der Waals surface area contributed by atoms with Gasteiger partial charge >= 0.3 is 12.0 Å². The fraction of sp³-hybridized carbons (Fsp3) is 0.867. The quantitative estimate of drug-likeness (QED) is 0.815. The van der Waals surface area contributed by atoms with Crippen molar-refractivity contribution in [2.75, 3.05) is 13.1 Å². The van der Waals surface area contributed by atoms with Crippen LogP contribution in [0.5, 0.6) is 0 Å². The lowest BCUT2D eigenvalue weighted by atomic mass is 9.98. The van der Waals surface area contributed by atoms with E-state index in [9.17, 15) is 14.7 Å². The van der Waals surface area contributed by atoms with Crippen LogP contribution in [-0.4, -0.2) is 41.1 Å². The predicted octanol–water partition coefficient (Wildman–Crippen LogP) is 2.71. The average Bonchev–Trinajstić information content (AvgIpc) is 2.62. The lowest BCUT2D eigenvalue weighted by Gasteiger charge is -2.24. The van der Waals surface area contributed by atoms with Crippen LogP contribution in [0.1, 0.15) is 52.9 Å². The van der Waals surface area contributed by atoms with E-state index in [2.05, 4.69) is 12.2 Å². The highest BCUT2D eigenvalue weighted by Crippen LogP contribution is 2.20. The molecule has 116 valence electrons. The normalized spacial score (nSPS) is 21.4. The van der Waals surface area contributed by atoms with E-state index in [-0.39, 0.29) is 11.9 Å². The molecule has 0 aromatic rings. The Morgan fingerprint density at radius 3 is 2.55 bits per heavy atom. The standard InChI is InChI=1S/C15H28N2O3/c1-4-12-6-5-8-17(9-7-12)15(20)16-13(14(18)19)10-11(2)3/h11-13H,4-10H2,1-3H3,(H,16,20)(H,18,19). The lowest BCUT2D eigenvalue weighted by Crippen LogP contribution is -2.48. The van der Waals surface area contributed by atoms with Crippen LogP contribution in [0.3, 0.4) is 0 Å². The summed E-state index contributed by atoms with van der Waals surface area (Å²) in [6.07, 6.45) is 4.81. The van der Waals surface area contributed by atoms with Crippen LogP contribution >= 0.6 is 0 Å². The number of amides is 2. The molecule has 2 unspecified atom stereocenters. The number of carbonyl (C=O) groups excluding carboxylic acids is 1. The number of aliphatic carboxylic acids is 1. The Morgan fingerprint density at radius 1 is 1.30 bits per heavy atom. The minimum Gasteiger partial charge on any atom is -0.480 e. The maximum atomic E-state index is 12.2. The van der Waals surface area contributed by atoms with E-state index in [0.717, 1.165) is 38.8 Å². The van der Waals surface area contributed by atoms with Crippen molar-refractivity contribution in [3.63, 3.8) is 0 Å². The Hall–Kier alpha value is -1.26. The molecule has 1 heterocycles. The summed E-state index contributed by atoms with van der Waals surface area (Å²) in [4.78, 5) is 25.1. The summed E-state index contributed by atoms with van der Waals surface area (Å²) in [7, 11) is 0. The third-order valence-electron chi connectivity index (χ3n) is 4.02. The highest BCUT2D eigenvalue weighted by Gasteiger charge is 2.25. The minimum atomic E-state index is -0.951. The summed E-state index contributed by atoms with van der Waals surface area (Å²) in [6.45, 7) is 7.57. The van der Waals surface area contributed by atoms with Crippen molar-refractivity contribution >= 4 is 12.0 Å². The molecule has 5 nitrogen and oxygen atoms in total. The highest BCUT2D eigenvalue weighted by atomic mass is 16.4. The number of carbonyl (C=O) groups is 2. The number of rotatable bonds is 5. The van der Waals surface area contributed by atoms with Gasteiger partial charge in [-0.25, -0.2) is 9.59 Å². The van der Waals surface area contributed by atoms with E-state index < -0.39 is 12.0 Å². The molecule has 1 rings (SSSR count). The fourth-order valence-corrected chi connectivity index (χ4v) is 2.71. The molecule has 20 heavy (non-hydrogen) atoms. The zero-order valence-electron chi connectivity index (χ0n) is 12.9. The summed E-state index contributed by atoms with van der Waals surface area (Å²) >= 11 is 0. The number of carboxylic acid groups (broad SMARTS) is 1. The fourth-order valence-electron chi connectivity index (χ4n) is 2.71. The van der Waals surface area contributed by atoms with Crippen molar-refractivity contribution < 1.29 is 14.7 Å². The summed E-state index contributed by atoms with van der Waals surface area (Å²) in [5.74, 6) is -0.0166. The Labute approximate surface area is 121 Å². The molecular weight excluding hydrogens is 256 g/mol. The number of likely N-dealkylation sites (tertiary alicyclic amines) is 1. The van der Waals surface area contributed by atoms with Crippen LogP contribution in [0.25, 0.3) is 0 Å². The van der Waals surface area contributed by atoms with Gasteiger partial charge in [-0.05, 0) is 37.5 Å². The summed E-state index contributed by atoms with van der Waals surface area (Å²) in [5.41, 5.74) is 0. The van der Waals surface area contributed by atoms with Crippen LogP contribution in [0.4, 0.5) is 4.79 Å². The smallest absolute Gasteiger partial charge is 0.326 e. The van der Waals surface area contributed by atoms with Gasteiger partial charge in [0.2, 0.25) is 0 Å². The van der Waals surface area contributed by atoms with Gasteiger partial charge in [0.05, 0.1) is 0 Å². The number of carboxylic acids is 1. The molecule has 0 aromatic carbocycles. The first-order chi connectivity index (χ1) is 9.43. The average molecular weight is 284 g/mol. The Bertz CT molecular complexity index is 331. The zero-order valence-corrected chi connectivity index (χ0v) is 12.9. The molecule has 0 aliphatic carbocycles. The third kappa shape index (κ3) is 5.39. The van der Waals surface area contributed by atoms with E-state index in [1.54, 1.807) is 4.90 Å². The highest BCUT2D eigenvalue weighted by molar-refractivity contribution is 5.82. The van der Waals surface area contributed by atoms with Crippen molar-refractivity contribution in [1.82, 2.24) is 10.2 Å². The number of hydrogen-bond donors (Lipinski definition) is 2. The first-order valence-electron chi connectivity index (χ1n) is 7.72. The molecule has 0 spiro atoms. The number of nitrogens with zero attached hydrogens (tertiary/aromatic N) is 1. The zero-order chi connectivity index (χ0) is 15.1. The summed E-state index contributed by atoms with van der Waals surface area (Å²) in [5, 5.41) is 11.8. The van der Waals surface area contributed by atoms with Crippen LogP contribution < -0.4 is 5.32 Å². The molecule has 0 radical (unpaired) electrons. The number of nitrogens with one attached hydrogen (secondary N) is 1. The van der Waals surface area contributed by atoms with Crippen LogP contribution in [0.15, 0.2) is 0 Å². The second-order valence-electron chi connectivity index (χ2n) is 6.16. The molecule has 0 aromatic heterocycles. The van der Waals surface area contributed by atoms with Gasteiger partial charge < -0.3 is 15.3 Å². The lowest BCUT2D eigenvalue weighted by molar-refractivity contribution is -0.139. The van der Waals surface area contributed by atoms with E-state index >= 15 is 0 Å². The summed E-state index contributed by atoms with van der Waals surface area (Å²) in [6, 6.07) is -1.01. The van der Waals surface area contributed by atoms with Gasteiger partial charge in [0.1, 0.15) is 6.04 Å².